The molecule has 29 heavy (non-hydrogen) atoms. The van der Waals surface area contributed by atoms with Gasteiger partial charge in [0.1, 0.15) is 17.4 Å². The Morgan fingerprint density at radius 1 is 1.00 bits per heavy atom. The molecule has 0 saturated heterocycles. The van der Waals surface area contributed by atoms with E-state index >= 15 is 0 Å². The van der Waals surface area contributed by atoms with E-state index in [1.165, 1.54) is 12.1 Å². The molecule has 1 aliphatic rings. The number of hydrogen-bond donors (Lipinski definition) is 0. The molecule has 2 unspecified atom stereocenters. The second-order valence-electron chi connectivity index (χ2n) is 7.32. The van der Waals surface area contributed by atoms with Crippen molar-refractivity contribution in [1.29, 1.82) is 0 Å². The van der Waals surface area contributed by atoms with Gasteiger partial charge in [-0.15, -0.1) is 0 Å². The molecule has 3 aromatic carbocycles. The van der Waals surface area contributed by atoms with E-state index < -0.39 is 5.82 Å². The first-order chi connectivity index (χ1) is 14.0. The van der Waals surface area contributed by atoms with Crippen molar-refractivity contribution in [1.82, 2.24) is 9.55 Å². The van der Waals surface area contributed by atoms with E-state index in [1.807, 2.05) is 24.3 Å². The maximum atomic E-state index is 14.1. The lowest BCUT2D eigenvalue weighted by atomic mass is 9.99. The van der Waals surface area contributed by atoms with Crippen LogP contribution in [0.2, 0.25) is 0 Å². The summed E-state index contributed by atoms with van der Waals surface area (Å²) >= 11 is 3.28. The predicted octanol–water partition coefficient (Wildman–Crippen LogP) is 6.97. The molecule has 0 fully saturated rings. The van der Waals surface area contributed by atoms with Crippen LogP contribution in [0.1, 0.15) is 36.7 Å². The fourth-order valence-corrected chi connectivity index (χ4v) is 4.42. The summed E-state index contributed by atoms with van der Waals surface area (Å²) in [7, 11) is 0. The Balaban J connectivity index is 1.64. The van der Waals surface area contributed by atoms with Gasteiger partial charge in [0.05, 0.1) is 21.5 Å². The van der Waals surface area contributed by atoms with Crippen LogP contribution in [-0.4, -0.2) is 9.55 Å². The van der Waals surface area contributed by atoms with Gasteiger partial charge >= 0.3 is 0 Å². The fourth-order valence-electron chi connectivity index (χ4n) is 4.09. The summed E-state index contributed by atoms with van der Waals surface area (Å²) in [6.45, 7) is 2.11. The molecule has 5 rings (SSSR count). The van der Waals surface area contributed by atoms with Crippen LogP contribution in [0.25, 0.3) is 11.0 Å². The van der Waals surface area contributed by atoms with E-state index in [4.69, 9.17) is 4.74 Å². The highest BCUT2D eigenvalue weighted by Crippen LogP contribution is 2.45. The molecule has 4 aromatic rings. The van der Waals surface area contributed by atoms with E-state index in [0.29, 0.717) is 15.7 Å². The van der Waals surface area contributed by atoms with E-state index in [1.54, 1.807) is 24.3 Å². The Morgan fingerprint density at radius 3 is 2.52 bits per heavy atom. The van der Waals surface area contributed by atoms with Gasteiger partial charge in [-0.2, -0.15) is 0 Å². The molecular weight excluding hydrogens is 438 g/mol. The fraction of sp³-hybridized carbons (Fsp3) is 0.174. The number of halogens is 3. The van der Waals surface area contributed by atoms with Crippen molar-refractivity contribution in [3.05, 3.63) is 88.2 Å². The van der Waals surface area contributed by atoms with Crippen LogP contribution in [0.15, 0.2) is 65.1 Å². The highest BCUT2D eigenvalue weighted by atomic mass is 79.9. The van der Waals surface area contributed by atoms with Gasteiger partial charge in [-0.05, 0) is 46.6 Å². The molecule has 146 valence electrons. The number of rotatable bonds is 3. The molecule has 0 amide bonds. The molecule has 2 atom stereocenters. The van der Waals surface area contributed by atoms with Crippen molar-refractivity contribution >= 4 is 27.0 Å². The smallest absolute Gasteiger partial charge is 0.165 e. The molecule has 0 radical (unpaired) electrons. The first-order valence-corrected chi connectivity index (χ1v) is 10.2. The van der Waals surface area contributed by atoms with Crippen LogP contribution < -0.4 is 4.74 Å². The lowest BCUT2D eigenvalue weighted by Gasteiger charge is -2.19. The Labute approximate surface area is 175 Å². The number of benzene rings is 3. The zero-order valence-corrected chi connectivity index (χ0v) is 17.2. The topological polar surface area (TPSA) is 27.1 Å². The summed E-state index contributed by atoms with van der Waals surface area (Å²) in [5.41, 5.74) is 2.44. The van der Waals surface area contributed by atoms with E-state index in [2.05, 4.69) is 32.4 Å². The number of imidazole rings is 1. The van der Waals surface area contributed by atoms with Gasteiger partial charge in [0.25, 0.3) is 0 Å². The van der Waals surface area contributed by atoms with E-state index in [0.717, 1.165) is 23.3 Å². The number of fused-ring (bicyclic) bond motifs is 3. The maximum Gasteiger partial charge on any atom is 0.165 e. The summed E-state index contributed by atoms with van der Waals surface area (Å²) in [5.74, 6) is 1.17. The molecule has 1 aliphatic heterocycles. The van der Waals surface area contributed by atoms with Gasteiger partial charge in [0.2, 0.25) is 0 Å². The van der Waals surface area contributed by atoms with Gasteiger partial charge in [0, 0.05) is 17.5 Å². The zero-order valence-electron chi connectivity index (χ0n) is 15.6. The average Bonchev–Trinajstić information content (AvgIpc) is 3.22. The number of nitrogens with zero attached hydrogens (tertiary/aromatic N) is 2. The number of hydrogen-bond acceptors (Lipinski definition) is 2. The summed E-state index contributed by atoms with van der Waals surface area (Å²) in [4.78, 5) is 4.68. The highest BCUT2D eigenvalue weighted by molar-refractivity contribution is 9.10. The molecule has 1 aromatic heterocycles. The first kappa shape index (κ1) is 18.3. The SMILES string of the molecule is CC1CC(c2ccccc2Oc2ccccc2F)n2c1nc1cc(F)c(Br)cc12. The Morgan fingerprint density at radius 2 is 1.72 bits per heavy atom. The third-order valence-electron chi connectivity index (χ3n) is 5.42. The second-order valence-corrected chi connectivity index (χ2v) is 8.17. The standard InChI is InChI=1S/C23H17BrF2N2O/c1-13-10-19(28-20-11-15(24)17(26)12-18(20)27-23(13)28)14-6-2-4-8-21(14)29-22-9-5-3-7-16(22)25/h2-9,11-13,19H,10H2,1H3. The van der Waals surface area contributed by atoms with Crippen molar-refractivity contribution in [2.75, 3.05) is 0 Å². The molecule has 0 aliphatic carbocycles. The molecular formula is C23H17BrF2N2O. The van der Waals surface area contributed by atoms with Crippen LogP contribution >= 0.6 is 15.9 Å². The molecule has 3 nitrogen and oxygen atoms in total. The van der Waals surface area contributed by atoms with Crippen LogP contribution in [0.5, 0.6) is 11.5 Å². The Bertz CT molecular complexity index is 1240. The van der Waals surface area contributed by atoms with Crippen molar-refractivity contribution < 1.29 is 13.5 Å². The van der Waals surface area contributed by atoms with Crippen LogP contribution in [0.4, 0.5) is 8.78 Å². The van der Waals surface area contributed by atoms with Gasteiger partial charge in [-0.1, -0.05) is 37.3 Å². The minimum atomic E-state index is -0.407. The molecule has 0 N–H and O–H groups in total. The Hall–Kier alpha value is -2.73. The summed E-state index contributed by atoms with van der Waals surface area (Å²) in [6, 6.07) is 17.2. The molecule has 0 bridgehead atoms. The van der Waals surface area contributed by atoms with Crippen molar-refractivity contribution in [3.63, 3.8) is 0 Å². The molecule has 6 heteroatoms. The molecule has 0 spiro atoms. The van der Waals surface area contributed by atoms with Crippen molar-refractivity contribution in [3.8, 4) is 11.5 Å². The van der Waals surface area contributed by atoms with Gasteiger partial charge in [0.15, 0.2) is 11.6 Å². The second kappa shape index (κ2) is 6.95. The minimum Gasteiger partial charge on any atom is -0.454 e. The zero-order chi connectivity index (χ0) is 20.1. The third-order valence-corrected chi connectivity index (χ3v) is 6.03. The maximum absolute atomic E-state index is 14.1. The quantitative estimate of drug-likeness (QED) is 0.334. The number of aromatic nitrogens is 2. The van der Waals surface area contributed by atoms with E-state index in [9.17, 15) is 8.78 Å². The van der Waals surface area contributed by atoms with E-state index in [-0.39, 0.29) is 23.5 Å². The monoisotopic (exact) mass is 454 g/mol. The minimum absolute atomic E-state index is 0.0367. The third kappa shape index (κ3) is 3.02. The normalized spacial score (nSPS) is 18.2. The largest absolute Gasteiger partial charge is 0.454 e. The molecule has 2 heterocycles. The van der Waals surface area contributed by atoms with Gasteiger partial charge in [-0.25, -0.2) is 13.8 Å². The number of ether oxygens (including phenoxy) is 1. The average molecular weight is 455 g/mol. The van der Waals surface area contributed by atoms with Crippen LogP contribution in [-0.2, 0) is 0 Å². The lowest BCUT2D eigenvalue weighted by molar-refractivity contribution is 0.430. The molecule has 0 saturated carbocycles. The lowest BCUT2D eigenvalue weighted by Crippen LogP contribution is -2.07. The summed E-state index contributed by atoms with van der Waals surface area (Å²) < 4.78 is 36.7. The highest BCUT2D eigenvalue weighted by Gasteiger charge is 2.34. The van der Waals surface area contributed by atoms with Gasteiger partial charge in [-0.3, -0.25) is 0 Å². The van der Waals surface area contributed by atoms with Crippen molar-refractivity contribution in [2.24, 2.45) is 0 Å². The van der Waals surface area contributed by atoms with Crippen LogP contribution in [0.3, 0.4) is 0 Å². The number of para-hydroxylation sites is 2. The summed E-state index contributed by atoms with van der Waals surface area (Å²) in [5, 5.41) is 0. The first-order valence-electron chi connectivity index (χ1n) is 9.41. The predicted molar refractivity (Wildman–Crippen MR) is 111 cm³/mol. The van der Waals surface area contributed by atoms with Crippen LogP contribution in [0, 0.1) is 11.6 Å². The summed E-state index contributed by atoms with van der Waals surface area (Å²) in [6.07, 6.45) is 0.838. The Kier molecular flexibility index (Phi) is 4.39. The van der Waals surface area contributed by atoms with Gasteiger partial charge < -0.3 is 9.30 Å². The van der Waals surface area contributed by atoms with Crippen molar-refractivity contribution in [2.45, 2.75) is 25.3 Å².